The molecular formula is C25H22N4O2. The number of anilines is 2. The fourth-order valence-electron chi connectivity index (χ4n) is 4.09. The summed E-state index contributed by atoms with van der Waals surface area (Å²) in [5.41, 5.74) is 4.53. The highest BCUT2D eigenvalue weighted by molar-refractivity contribution is 6.03. The van der Waals surface area contributed by atoms with E-state index in [1.165, 1.54) is 0 Å². The van der Waals surface area contributed by atoms with Crippen LogP contribution in [0.2, 0.25) is 0 Å². The van der Waals surface area contributed by atoms with Crippen LogP contribution in [0, 0.1) is 5.92 Å². The molecule has 31 heavy (non-hydrogen) atoms. The SMILES string of the molecule is Cn1c(-c2ccc(NC(=O)C3CC(=O)N(c4ccccc4)C3)cc2)nc2ccccc21. The minimum atomic E-state index is -0.368. The molecule has 0 radical (unpaired) electrons. The van der Waals surface area contributed by atoms with Crippen LogP contribution >= 0.6 is 0 Å². The van der Waals surface area contributed by atoms with Gasteiger partial charge in [-0.3, -0.25) is 9.59 Å². The zero-order chi connectivity index (χ0) is 21.4. The summed E-state index contributed by atoms with van der Waals surface area (Å²) in [5.74, 6) is 0.344. The maximum absolute atomic E-state index is 12.8. The van der Waals surface area contributed by atoms with Gasteiger partial charge in [-0.2, -0.15) is 0 Å². The quantitative estimate of drug-likeness (QED) is 0.547. The third-order valence-electron chi connectivity index (χ3n) is 5.76. The number of amides is 2. The molecule has 0 bridgehead atoms. The second-order valence-electron chi connectivity index (χ2n) is 7.79. The summed E-state index contributed by atoms with van der Waals surface area (Å²) in [7, 11) is 2.00. The lowest BCUT2D eigenvalue weighted by Crippen LogP contribution is -2.28. The maximum Gasteiger partial charge on any atom is 0.229 e. The van der Waals surface area contributed by atoms with Gasteiger partial charge in [0.15, 0.2) is 0 Å². The van der Waals surface area contributed by atoms with Gasteiger partial charge in [-0.05, 0) is 48.5 Å². The second-order valence-corrected chi connectivity index (χ2v) is 7.79. The second kappa shape index (κ2) is 7.72. The van der Waals surface area contributed by atoms with E-state index in [1.807, 2.05) is 85.9 Å². The first-order valence-corrected chi connectivity index (χ1v) is 10.3. The zero-order valence-electron chi connectivity index (χ0n) is 17.2. The Balaban J connectivity index is 1.29. The van der Waals surface area contributed by atoms with E-state index in [-0.39, 0.29) is 24.2 Å². The first-order valence-electron chi connectivity index (χ1n) is 10.3. The van der Waals surface area contributed by atoms with Gasteiger partial charge < -0.3 is 14.8 Å². The van der Waals surface area contributed by atoms with Crippen LogP contribution in [0.4, 0.5) is 11.4 Å². The Hall–Kier alpha value is -3.93. The lowest BCUT2D eigenvalue weighted by atomic mass is 10.1. The molecule has 1 aliphatic rings. The molecule has 0 saturated carbocycles. The van der Waals surface area contributed by atoms with E-state index >= 15 is 0 Å². The van der Waals surface area contributed by atoms with Crippen LogP contribution in [0.5, 0.6) is 0 Å². The molecule has 1 unspecified atom stereocenters. The Morgan fingerprint density at radius 2 is 1.68 bits per heavy atom. The molecule has 6 nitrogen and oxygen atoms in total. The highest BCUT2D eigenvalue weighted by Gasteiger charge is 2.35. The monoisotopic (exact) mass is 410 g/mol. The van der Waals surface area contributed by atoms with E-state index in [4.69, 9.17) is 4.98 Å². The fourth-order valence-corrected chi connectivity index (χ4v) is 4.09. The predicted octanol–water partition coefficient (Wildman–Crippen LogP) is 4.23. The van der Waals surface area contributed by atoms with Crippen LogP contribution in [-0.2, 0) is 16.6 Å². The Bertz CT molecular complexity index is 1260. The van der Waals surface area contributed by atoms with Crippen LogP contribution in [-0.4, -0.2) is 27.9 Å². The molecule has 6 heteroatoms. The Kier molecular flexibility index (Phi) is 4.75. The van der Waals surface area contributed by atoms with E-state index in [0.717, 1.165) is 28.1 Å². The van der Waals surface area contributed by atoms with Gasteiger partial charge in [0, 0.05) is 37.0 Å². The van der Waals surface area contributed by atoms with Crippen molar-refractivity contribution in [3.63, 3.8) is 0 Å². The van der Waals surface area contributed by atoms with E-state index in [2.05, 4.69) is 9.88 Å². The minimum Gasteiger partial charge on any atom is -0.327 e. The van der Waals surface area contributed by atoms with E-state index in [9.17, 15) is 9.59 Å². The van der Waals surface area contributed by atoms with Crippen molar-refractivity contribution >= 4 is 34.2 Å². The summed E-state index contributed by atoms with van der Waals surface area (Å²) in [6.07, 6.45) is 0.221. The Labute approximate surface area is 180 Å². The molecule has 1 fully saturated rings. The van der Waals surface area contributed by atoms with Crippen molar-refractivity contribution in [3.05, 3.63) is 78.9 Å². The highest BCUT2D eigenvalue weighted by atomic mass is 16.2. The molecular weight excluding hydrogens is 388 g/mol. The number of nitrogens with one attached hydrogen (secondary N) is 1. The summed E-state index contributed by atoms with van der Waals surface area (Å²) in [4.78, 5) is 31.5. The number of aryl methyl sites for hydroxylation is 1. The highest BCUT2D eigenvalue weighted by Crippen LogP contribution is 2.27. The zero-order valence-corrected chi connectivity index (χ0v) is 17.2. The molecule has 1 saturated heterocycles. The standard InChI is InChI=1S/C25H22N4O2/c1-28-22-10-6-5-9-21(22)27-24(28)17-11-13-19(14-12-17)26-25(31)18-15-23(30)29(16-18)20-7-3-2-4-8-20/h2-14,18H,15-16H2,1H3,(H,26,31). The van der Waals surface area contributed by atoms with E-state index in [0.29, 0.717) is 12.2 Å². The Morgan fingerprint density at radius 3 is 2.42 bits per heavy atom. The summed E-state index contributed by atoms with van der Waals surface area (Å²) < 4.78 is 2.06. The third-order valence-corrected chi connectivity index (χ3v) is 5.76. The summed E-state index contributed by atoms with van der Waals surface area (Å²) in [5, 5.41) is 2.95. The molecule has 4 aromatic rings. The van der Waals surface area contributed by atoms with Gasteiger partial charge in [-0.25, -0.2) is 4.98 Å². The molecule has 0 spiro atoms. The molecule has 3 aromatic carbocycles. The molecule has 1 atom stereocenters. The lowest BCUT2D eigenvalue weighted by molar-refractivity contribution is -0.122. The molecule has 1 aromatic heterocycles. The number of nitrogens with zero attached hydrogens (tertiary/aromatic N) is 3. The number of fused-ring (bicyclic) bond motifs is 1. The van der Waals surface area contributed by atoms with Gasteiger partial charge in [0.1, 0.15) is 5.82 Å². The predicted molar refractivity (Wildman–Crippen MR) is 122 cm³/mol. The fraction of sp³-hybridized carbons (Fsp3) is 0.160. The van der Waals surface area contributed by atoms with Gasteiger partial charge in [-0.1, -0.05) is 30.3 Å². The van der Waals surface area contributed by atoms with Crippen molar-refractivity contribution < 1.29 is 9.59 Å². The van der Waals surface area contributed by atoms with Gasteiger partial charge in [0.25, 0.3) is 0 Å². The van der Waals surface area contributed by atoms with Crippen molar-refractivity contribution in [1.29, 1.82) is 0 Å². The number of hydrogen-bond donors (Lipinski definition) is 1. The van der Waals surface area contributed by atoms with Crippen LogP contribution in [0.25, 0.3) is 22.4 Å². The van der Waals surface area contributed by atoms with Crippen molar-refractivity contribution in [2.45, 2.75) is 6.42 Å². The van der Waals surface area contributed by atoms with E-state index in [1.54, 1.807) is 4.90 Å². The number of carbonyl (C=O) groups excluding carboxylic acids is 2. The van der Waals surface area contributed by atoms with Crippen LogP contribution in [0.3, 0.4) is 0 Å². The average Bonchev–Trinajstić information content (AvgIpc) is 3.35. The largest absolute Gasteiger partial charge is 0.327 e. The Morgan fingerprint density at radius 1 is 0.968 bits per heavy atom. The smallest absolute Gasteiger partial charge is 0.229 e. The number of aromatic nitrogens is 2. The molecule has 2 heterocycles. The first kappa shape index (κ1) is 19.1. The van der Waals surface area contributed by atoms with Crippen LogP contribution in [0.1, 0.15) is 6.42 Å². The van der Waals surface area contributed by atoms with Crippen molar-refractivity contribution in [1.82, 2.24) is 9.55 Å². The van der Waals surface area contributed by atoms with Crippen LogP contribution in [0.15, 0.2) is 78.9 Å². The molecule has 1 aliphatic heterocycles. The van der Waals surface area contributed by atoms with Gasteiger partial charge in [0.2, 0.25) is 11.8 Å². The van der Waals surface area contributed by atoms with Crippen molar-refractivity contribution in [3.8, 4) is 11.4 Å². The van der Waals surface area contributed by atoms with Gasteiger partial charge >= 0.3 is 0 Å². The van der Waals surface area contributed by atoms with E-state index < -0.39 is 0 Å². The number of hydrogen-bond acceptors (Lipinski definition) is 3. The molecule has 154 valence electrons. The summed E-state index contributed by atoms with van der Waals surface area (Å²) >= 11 is 0. The average molecular weight is 410 g/mol. The normalized spacial score (nSPS) is 16.1. The summed E-state index contributed by atoms with van der Waals surface area (Å²) in [6.45, 7) is 0.395. The number of benzene rings is 3. The lowest BCUT2D eigenvalue weighted by Gasteiger charge is -2.16. The van der Waals surface area contributed by atoms with Crippen molar-refractivity contribution in [2.24, 2.45) is 13.0 Å². The third kappa shape index (κ3) is 3.57. The molecule has 0 aliphatic carbocycles. The van der Waals surface area contributed by atoms with Crippen molar-refractivity contribution in [2.75, 3.05) is 16.8 Å². The maximum atomic E-state index is 12.8. The van der Waals surface area contributed by atoms with Gasteiger partial charge in [0.05, 0.1) is 17.0 Å². The minimum absolute atomic E-state index is 0.0245. The molecule has 5 rings (SSSR count). The van der Waals surface area contributed by atoms with Crippen LogP contribution < -0.4 is 10.2 Å². The molecule has 2 amide bonds. The van der Waals surface area contributed by atoms with Gasteiger partial charge in [-0.15, -0.1) is 0 Å². The number of imidazole rings is 1. The summed E-state index contributed by atoms with van der Waals surface area (Å²) in [6, 6.07) is 25.1. The first-order chi connectivity index (χ1) is 15.1. The number of carbonyl (C=O) groups is 2. The number of rotatable bonds is 4. The molecule has 1 N–H and O–H groups in total. The topological polar surface area (TPSA) is 67.2 Å². The number of para-hydroxylation sites is 3.